The van der Waals surface area contributed by atoms with Gasteiger partial charge in [0.1, 0.15) is 0 Å². The van der Waals surface area contributed by atoms with Gasteiger partial charge in [-0.1, -0.05) is 36.4 Å². The zero-order valence-electron chi connectivity index (χ0n) is 12.1. The lowest BCUT2D eigenvalue weighted by molar-refractivity contribution is 1.35. The maximum Gasteiger partial charge on any atom is -0.0121 e. The smallest absolute Gasteiger partial charge is 0.0121 e. The summed E-state index contributed by atoms with van der Waals surface area (Å²) in [7, 11) is 0. The van der Waals surface area contributed by atoms with Gasteiger partial charge in [-0.25, -0.2) is 0 Å². The van der Waals surface area contributed by atoms with Crippen LogP contribution in [0.3, 0.4) is 0 Å². The summed E-state index contributed by atoms with van der Waals surface area (Å²) in [5.41, 5.74) is 11.0. The molecule has 0 saturated carbocycles. The molecule has 0 radical (unpaired) electrons. The second kappa shape index (κ2) is 5.73. The summed E-state index contributed by atoms with van der Waals surface area (Å²) >= 11 is 0. The van der Waals surface area contributed by atoms with Gasteiger partial charge in [-0.05, 0) is 73.2 Å². The summed E-state index contributed by atoms with van der Waals surface area (Å²) in [6, 6.07) is 12.7. The Kier molecular flexibility index (Phi) is 4.04. The first-order chi connectivity index (χ1) is 9.09. The number of rotatable bonds is 2. The highest BCUT2D eigenvalue weighted by Crippen LogP contribution is 2.17. The van der Waals surface area contributed by atoms with Gasteiger partial charge in [0.05, 0.1) is 0 Å². The Morgan fingerprint density at radius 3 is 1.26 bits per heavy atom. The van der Waals surface area contributed by atoms with Gasteiger partial charge in [-0.3, -0.25) is 0 Å². The monoisotopic (exact) mass is 248 g/mol. The standard InChI is InChI=1S/C19H20/c1-14-8-5-9-15(2)18(14)12-7-13-19-16(3)10-6-11-17(19)4/h5-6,8-13H,1-4H3. The van der Waals surface area contributed by atoms with Crippen molar-refractivity contribution in [3.05, 3.63) is 75.5 Å². The molecule has 0 unspecified atom stereocenters. The quantitative estimate of drug-likeness (QED) is 0.637. The van der Waals surface area contributed by atoms with Gasteiger partial charge in [-0.15, -0.1) is 5.73 Å². The van der Waals surface area contributed by atoms with Crippen molar-refractivity contribution in [3.8, 4) is 0 Å². The van der Waals surface area contributed by atoms with E-state index in [1.165, 1.54) is 33.4 Å². The minimum atomic E-state index is 1.27. The molecule has 2 aromatic rings. The van der Waals surface area contributed by atoms with Crippen LogP contribution in [0, 0.1) is 27.7 Å². The number of benzene rings is 2. The predicted molar refractivity (Wildman–Crippen MR) is 84.3 cm³/mol. The molecule has 0 aliphatic heterocycles. The minimum Gasteiger partial charge on any atom is -0.120 e. The molecular formula is C19H20. The molecule has 19 heavy (non-hydrogen) atoms. The Bertz CT molecular complexity index is 558. The Morgan fingerprint density at radius 1 is 0.632 bits per heavy atom. The molecule has 0 heterocycles. The van der Waals surface area contributed by atoms with Gasteiger partial charge in [0, 0.05) is 0 Å². The highest BCUT2D eigenvalue weighted by Gasteiger charge is 1.98. The summed E-state index contributed by atoms with van der Waals surface area (Å²) < 4.78 is 0. The first kappa shape index (κ1) is 13.4. The van der Waals surface area contributed by atoms with E-state index in [-0.39, 0.29) is 0 Å². The van der Waals surface area contributed by atoms with Crippen LogP contribution in [0.1, 0.15) is 33.4 Å². The molecule has 0 aliphatic carbocycles. The molecule has 0 nitrogen and oxygen atoms in total. The van der Waals surface area contributed by atoms with E-state index in [2.05, 4.69) is 82.0 Å². The van der Waals surface area contributed by atoms with Crippen LogP contribution in [0.25, 0.3) is 12.2 Å². The van der Waals surface area contributed by atoms with E-state index < -0.39 is 0 Å². The van der Waals surface area contributed by atoms with Crippen molar-refractivity contribution in [3.63, 3.8) is 0 Å². The molecule has 0 saturated heterocycles. The normalized spacial score (nSPS) is 9.89. The van der Waals surface area contributed by atoms with Crippen molar-refractivity contribution in [1.29, 1.82) is 0 Å². The van der Waals surface area contributed by atoms with Crippen LogP contribution in [0.5, 0.6) is 0 Å². The van der Waals surface area contributed by atoms with Gasteiger partial charge in [0.2, 0.25) is 0 Å². The van der Waals surface area contributed by atoms with E-state index in [9.17, 15) is 0 Å². The zero-order chi connectivity index (χ0) is 13.8. The molecule has 0 amide bonds. The number of hydrogen-bond acceptors (Lipinski definition) is 0. The molecule has 0 N–H and O–H groups in total. The molecular weight excluding hydrogens is 228 g/mol. The van der Waals surface area contributed by atoms with Crippen molar-refractivity contribution < 1.29 is 0 Å². The molecule has 2 aromatic carbocycles. The molecule has 0 aliphatic rings. The van der Waals surface area contributed by atoms with Crippen LogP contribution in [-0.4, -0.2) is 0 Å². The third-order valence-corrected chi connectivity index (χ3v) is 3.54. The minimum absolute atomic E-state index is 1.27. The lowest BCUT2D eigenvalue weighted by atomic mass is 10.0. The zero-order valence-corrected chi connectivity index (χ0v) is 12.1. The lowest BCUT2D eigenvalue weighted by Crippen LogP contribution is -1.85. The van der Waals surface area contributed by atoms with Gasteiger partial charge >= 0.3 is 0 Å². The van der Waals surface area contributed by atoms with E-state index in [0.29, 0.717) is 0 Å². The predicted octanol–water partition coefficient (Wildman–Crippen LogP) is 5.25. The van der Waals surface area contributed by atoms with Crippen molar-refractivity contribution in [2.45, 2.75) is 27.7 Å². The molecule has 0 aromatic heterocycles. The average molecular weight is 248 g/mol. The van der Waals surface area contributed by atoms with Crippen molar-refractivity contribution in [2.24, 2.45) is 0 Å². The second-order valence-electron chi connectivity index (χ2n) is 5.07. The third-order valence-electron chi connectivity index (χ3n) is 3.54. The molecule has 0 spiro atoms. The summed E-state index contributed by atoms with van der Waals surface area (Å²) in [4.78, 5) is 0. The Labute approximate surface area is 116 Å². The molecule has 0 fully saturated rings. The Hall–Kier alpha value is -2.04. The molecule has 0 atom stereocenters. The second-order valence-corrected chi connectivity index (χ2v) is 5.07. The fourth-order valence-electron chi connectivity index (χ4n) is 2.32. The topological polar surface area (TPSA) is 0 Å². The summed E-state index contributed by atoms with van der Waals surface area (Å²) in [5.74, 6) is 0. The summed E-state index contributed by atoms with van der Waals surface area (Å²) in [5, 5.41) is 0. The van der Waals surface area contributed by atoms with Crippen molar-refractivity contribution in [2.75, 3.05) is 0 Å². The molecule has 0 bridgehead atoms. The number of hydrogen-bond donors (Lipinski definition) is 0. The largest absolute Gasteiger partial charge is 0.120 e. The number of aryl methyl sites for hydroxylation is 4. The highest BCUT2D eigenvalue weighted by molar-refractivity contribution is 5.64. The maximum absolute atomic E-state index is 3.33. The van der Waals surface area contributed by atoms with Crippen LogP contribution in [0.2, 0.25) is 0 Å². The van der Waals surface area contributed by atoms with E-state index in [4.69, 9.17) is 0 Å². The Morgan fingerprint density at radius 2 is 0.947 bits per heavy atom. The highest BCUT2D eigenvalue weighted by atomic mass is 14.0. The van der Waals surface area contributed by atoms with E-state index in [1.54, 1.807) is 0 Å². The molecule has 2 rings (SSSR count). The van der Waals surface area contributed by atoms with Crippen LogP contribution < -0.4 is 0 Å². The van der Waals surface area contributed by atoms with Gasteiger partial charge < -0.3 is 0 Å². The van der Waals surface area contributed by atoms with Crippen LogP contribution in [-0.2, 0) is 0 Å². The van der Waals surface area contributed by atoms with E-state index in [0.717, 1.165) is 0 Å². The summed E-state index contributed by atoms with van der Waals surface area (Å²) in [6.07, 6.45) is 4.16. The Balaban J connectivity index is 2.40. The van der Waals surface area contributed by atoms with Crippen LogP contribution >= 0.6 is 0 Å². The first-order valence-corrected chi connectivity index (χ1v) is 6.64. The van der Waals surface area contributed by atoms with E-state index in [1.807, 2.05) is 0 Å². The van der Waals surface area contributed by atoms with Crippen molar-refractivity contribution in [1.82, 2.24) is 0 Å². The third kappa shape index (κ3) is 3.05. The van der Waals surface area contributed by atoms with Gasteiger partial charge in [0.25, 0.3) is 0 Å². The fraction of sp³-hybridized carbons (Fsp3) is 0.211. The molecule has 96 valence electrons. The SMILES string of the molecule is Cc1cccc(C)c1C=C=Cc1c(C)cccc1C. The van der Waals surface area contributed by atoms with Gasteiger partial charge in [0.15, 0.2) is 0 Å². The maximum atomic E-state index is 3.33. The molecule has 0 heteroatoms. The lowest BCUT2D eigenvalue weighted by Gasteiger charge is -2.04. The van der Waals surface area contributed by atoms with Crippen LogP contribution in [0.4, 0.5) is 0 Å². The van der Waals surface area contributed by atoms with Crippen LogP contribution in [0.15, 0.2) is 42.1 Å². The first-order valence-electron chi connectivity index (χ1n) is 6.64. The van der Waals surface area contributed by atoms with Crippen molar-refractivity contribution >= 4 is 12.2 Å². The average Bonchev–Trinajstić information content (AvgIpc) is 2.36. The summed E-state index contributed by atoms with van der Waals surface area (Å²) in [6.45, 7) is 8.55. The van der Waals surface area contributed by atoms with E-state index >= 15 is 0 Å². The van der Waals surface area contributed by atoms with Gasteiger partial charge in [-0.2, -0.15) is 0 Å². The fourth-order valence-corrected chi connectivity index (χ4v) is 2.32.